The molecule has 2 aromatic heterocycles. The maximum Gasteiger partial charge on any atom is 0.241 e. The Balaban J connectivity index is 1.55. The number of hydrogen-bond acceptors (Lipinski definition) is 6. The molecular formula is C21H20BrN5O3S. The quantitative estimate of drug-likeness (QED) is 0.334. The van der Waals surface area contributed by atoms with Crippen molar-refractivity contribution in [3.63, 3.8) is 0 Å². The summed E-state index contributed by atoms with van der Waals surface area (Å²) in [5, 5.41) is 17.8. The molecule has 0 aliphatic carbocycles. The first kappa shape index (κ1) is 21.3. The van der Waals surface area contributed by atoms with Gasteiger partial charge in [-0.2, -0.15) is 9.61 Å². The largest absolute Gasteiger partial charge is 0.507 e. The van der Waals surface area contributed by atoms with E-state index in [4.69, 9.17) is 0 Å². The Morgan fingerprint density at radius 1 is 1.10 bits per heavy atom. The summed E-state index contributed by atoms with van der Waals surface area (Å²) in [7, 11) is -3.65. The highest BCUT2D eigenvalue weighted by Gasteiger charge is 2.17. The van der Waals surface area contributed by atoms with Crippen LogP contribution in [0.2, 0.25) is 0 Å². The maximum absolute atomic E-state index is 12.5. The summed E-state index contributed by atoms with van der Waals surface area (Å²) in [6.45, 7) is 2.39. The summed E-state index contributed by atoms with van der Waals surface area (Å²) in [5.74, 6) is 0.764. The van der Waals surface area contributed by atoms with Gasteiger partial charge in [-0.1, -0.05) is 24.3 Å². The van der Waals surface area contributed by atoms with Gasteiger partial charge in [0.1, 0.15) is 11.6 Å². The number of aromatic nitrogens is 3. The van der Waals surface area contributed by atoms with E-state index in [1.165, 1.54) is 6.07 Å². The third-order valence-corrected chi connectivity index (χ3v) is 7.15. The minimum atomic E-state index is -3.65. The fourth-order valence-corrected chi connectivity index (χ4v) is 5.18. The lowest BCUT2D eigenvalue weighted by atomic mass is 10.1. The Kier molecular flexibility index (Phi) is 5.94. The lowest BCUT2D eigenvalue weighted by Gasteiger charge is -2.13. The van der Waals surface area contributed by atoms with Gasteiger partial charge in [0.2, 0.25) is 10.0 Å². The fraction of sp³-hybridized carbons (Fsp3) is 0.143. The van der Waals surface area contributed by atoms with Crippen LogP contribution in [-0.4, -0.2) is 41.2 Å². The minimum Gasteiger partial charge on any atom is -0.507 e. The van der Waals surface area contributed by atoms with E-state index in [0.29, 0.717) is 33.7 Å². The van der Waals surface area contributed by atoms with Crippen LogP contribution in [0.25, 0.3) is 16.9 Å². The topological polar surface area (TPSA) is 109 Å². The van der Waals surface area contributed by atoms with Gasteiger partial charge < -0.3 is 10.4 Å². The van der Waals surface area contributed by atoms with E-state index in [0.717, 1.165) is 5.56 Å². The Morgan fingerprint density at radius 3 is 2.61 bits per heavy atom. The molecule has 0 aliphatic rings. The number of fused-ring (bicyclic) bond motifs is 1. The Bertz CT molecular complexity index is 1350. The summed E-state index contributed by atoms with van der Waals surface area (Å²) in [6, 6.07) is 15.4. The Hall–Kier alpha value is -2.95. The molecule has 0 fully saturated rings. The molecule has 160 valence electrons. The van der Waals surface area contributed by atoms with Crippen molar-refractivity contribution in [3.8, 4) is 17.0 Å². The molecule has 0 aliphatic heterocycles. The Morgan fingerprint density at radius 2 is 1.84 bits per heavy atom. The Labute approximate surface area is 188 Å². The lowest BCUT2D eigenvalue weighted by Crippen LogP contribution is -2.29. The van der Waals surface area contributed by atoms with Crippen molar-refractivity contribution in [2.45, 2.75) is 11.8 Å². The lowest BCUT2D eigenvalue weighted by molar-refractivity contribution is 0.477. The number of rotatable bonds is 7. The SMILES string of the molecule is Cc1cnn2c(NCCNS(=O)(=O)c3ccccc3Br)cc(-c3ccccc3O)nc12. The average Bonchev–Trinajstić information content (AvgIpc) is 3.12. The van der Waals surface area contributed by atoms with Crippen LogP contribution in [-0.2, 0) is 10.0 Å². The summed E-state index contributed by atoms with van der Waals surface area (Å²) < 4.78 is 29.8. The van der Waals surface area contributed by atoms with Crippen LogP contribution in [0, 0.1) is 6.92 Å². The van der Waals surface area contributed by atoms with Crippen LogP contribution in [0.1, 0.15) is 5.56 Å². The molecule has 0 unspecified atom stereocenters. The molecule has 8 nitrogen and oxygen atoms in total. The highest BCUT2D eigenvalue weighted by molar-refractivity contribution is 9.10. The first-order valence-electron chi connectivity index (χ1n) is 9.48. The highest BCUT2D eigenvalue weighted by Crippen LogP contribution is 2.30. The third-order valence-electron chi connectivity index (χ3n) is 4.68. The molecule has 31 heavy (non-hydrogen) atoms. The molecular weight excluding hydrogens is 482 g/mol. The van der Waals surface area contributed by atoms with Crippen molar-refractivity contribution in [3.05, 3.63) is 70.8 Å². The number of aromatic hydroxyl groups is 1. The zero-order chi connectivity index (χ0) is 22.0. The summed E-state index contributed by atoms with van der Waals surface area (Å²) >= 11 is 3.27. The average molecular weight is 502 g/mol. The van der Waals surface area contributed by atoms with Crippen LogP contribution in [0.4, 0.5) is 5.82 Å². The van der Waals surface area contributed by atoms with Crippen molar-refractivity contribution >= 4 is 37.4 Å². The molecule has 0 radical (unpaired) electrons. The monoisotopic (exact) mass is 501 g/mol. The molecule has 2 heterocycles. The predicted molar refractivity (Wildman–Crippen MR) is 123 cm³/mol. The number of hydrogen-bond donors (Lipinski definition) is 3. The smallest absolute Gasteiger partial charge is 0.241 e. The normalized spacial score (nSPS) is 11.7. The minimum absolute atomic E-state index is 0.128. The van der Waals surface area contributed by atoms with Crippen molar-refractivity contribution in [2.24, 2.45) is 0 Å². The van der Waals surface area contributed by atoms with Gasteiger partial charge in [0, 0.05) is 34.8 Å². The van der Waals surface area contributed by atoms with Gasteiger partial charge in [-0.25, -0.2) is 18.1 Å². The zero-order valence-electron chi connectivity index (χ0n) is 16.6. The van der Waals surface area contributed by atoms with E-state index in [9.17, 15) is 13.5 Å². The number of anilines is 1. The third kappa shape index (κ3) is 4.41. The van der Waals surface area contributed by atoms with Crippen LogP contribution < -0.4 is 10.0 Å². The van der Waals surface area contributed by atoms with E-state index < -0.39 is 10.0 Å². The zero-order valence-corrected chi connectivity index (χ0v) is 19.0. The second-order valence-corrected chi connectivity index (χ2v) is 9.45. The summed E-state index contributed by atoms with van der Waals surface area (Å²) in [4.78, 5) is 4.81. The van der Waals surface area contributed by atoms with Gasteiger partial charge in [0.25, 0.3) is 0 Å². The molecule has 0 saturated heterocycles. The highest BCUT2D eigenvalue weighted by atomic mass is 79.9. The predicted octanol–water partition coefficient (Wildman–Crippen LogP) is 3.56. The molecule has 3 N–H and O–H groups in total. The number of nitrogens with one attached hydrogen (secondary N) is 2. The molecule has 0 bridgehead atoms. The number of phenolic OH excluding ortho intramolecular Hbond substituents is 1. The van der Waals surface area contributed by atoms with Crippen molar-refractivity contribution in [2.75, 3.05) is 18.4 Å². The molecule has 2 aromatic carbocycles. The number of nitrogens with zero attached hydrogens (tertiary/aromatic N) is 3. The van der Waals surface area contributed by atoms with Crippen LogP contribution in [0.15, 0.2) is 70.2 Å². The fourth-order valence-electron chi connectivity index (χ4n) is 3.14. The second kappa shape index (κ2) is 8.66. The van der Waals surface area contributed by atoms with Crippen molar-refractivity contribution < 1.29 is 13.5 Å². The number of phenols is 1. The molecule has 0 saturated carbocycles. The standard InChI is InChI=1S/C21H20BrN5O3S/c1-14-13-24-27-20(12-17(26-21(14)27)15-6-2-4-8-18(15)28)23-10-11-25-31(29,30)19-9-5-3-7-16(19)22/h2-9,12-13,23,25,28H,10-11H2,1H3. The molecule has 4 rings (SSSR count). The van der Waals surface area contributed by atoms with Crippen LogP contribution >= 0.6 is 15.9 Å². The second-order valence-electron chi connectivity index (χ2n) is 6.86. The number of para-hydroxylation sites is 1. The number of sulfonamides is 1. The van der Waals surface area contributed by atoms with E-state index in [1.54, 1.807) is 53.2 Å². The van der Waals surface area contributed by atoms with Gasteiger partial charge >= 0.3 is 0 Å². The van der Waals surface area contributed by atoms with E-state index >= 15 is 0 Å². The van der Waals surface area contributed by atoms with Gasteiger partial charge in [0.05, 0.1) is 16.8 Å². The first-order chi connectivity index (χ1) is 14.9. The number of benzene rings is 2. The number of aryl methyl sites for hydroxylation is 1. The van der Waals surface area contributed by atoms with Gasteiger partial charge in [-0.15, -0.1) is 0 Å². The van der Waals surface area contributed by atoms with E-state index in [2.05, 4.69) is 36.1 Å². The molecule has 10 heteroatoms. The van der Waals surface area contributed by atoms with Crippen molar-refractivity contribution in [1.29, 1.82) is 0 Å². The molecule has 0 atom stereocenters. The van der Waals surface area contributed by atoms with Crippen molar-refractivity contribution in [1.82, 2.24) is 19.3 Å². The van der Waals surface area contributed by atoms with Crippen LogP contribution in [0.5, 0.6) is 5.75 Å². The maximum atomic E-state index is 12.5. The van der Waals surface area contributed by atoms with Gasteiger partial charge in [0.15, 0.2) is 5.65 Å². The number of halogens is 1. The summed E-state index contributed by atoms with van der Waals surface area (Å²) in [6.07, 6.45) is 1.71. The van der Waals surface area contributed by atoms with E-state index in [1.807, 2.05) is 13.0 Å². The van der Waals surface area contributed by atoms with Crippen LogP contribution in [0.3, 0.4) is 0 Å². The van der Waals surface area contributed by atoms with Gasteiger partial charge in [-0.3, -0.25) is 0 Å². The van der Waals surface area contributed by atoms with Gasteiger partial charge in [-0.05, 0) is 47.1 Å². The van der Waals surface area contributed by atoms with E-state index in [-0.39, 0.29) is 17.2 Å². The molecule has 4 aromatic rings. The first-order valence-corrected chi connectivity index (χ1v) is 11.8. The molecule has 0 spiro atoms. The summed E-state index contributed by atoms with van der Waals surface area (Å²) in [5.41, 5.74) is 2.72. The molecule has 0 amide bonds.